The van der Waals surface area contributed by atoms with E-state index in [1.807, 2.05) is 42.5 Å². The van der Waals surface area contributed by atoms with E-state index in [-0.39, 0.29) is 5.91 Å². The molecule has 1 saturated heterocycles. The van der Waals surface area contributed by atoms with E-state index in [1.54, 1.807) is 6.20 Å². The highest BCUT2D eigenvalue weighted by atomic mass is 16.2. The SMILES string of the molecule is CN1CCN(c2cc(CNC(=O)C(N)Cc3ccccc3)ccn2)CC1. The van der Waals surface area contributed by atoms with Crippen LogP contribution in [0.25, 0.3) is 0 Å². The molecule has 2 heterocycles. The number of carbonyl (C=O) groups excluding carboxylic acids is 1. The Balaban J connectivity index is 1.52. The van der Waals surface area contributed by atoms with Crippen LogP contribution in [0.4, 0.5) is 5.82 Å². The number of amides is 1. The van der Waals surface area contributed by atoms with Gasteiger partial charge in [-0.25, -0.2) is 4.98 Å². The maximum atomic E-state index is 12.3. The Bertz CT molecular complexity index is 713. The Morgan fingerprint density at radius 2 is 1.88 bits per heavy atom. The first-order chi connectivity index (χ1) is 12.6. The molecule has 1 atom stereocenters. The highest BCUT2D eigenvalue weighted by Gasteiger charge is 2.16. The van der Waals surface area contributed by atoms with Gasteiger partial charge in [-0.15, -0.1) is 0 Å². The van der Waals surface area contributed by atoms with Gasteiger partial charge in [-0.1, -0.05) is 30.3 Å². The number of benzene rings is 1. The number of nitrogens with zero attached hydrogens (tertiary/aromatic N) is 3. The first-order valence-corrected chi connectivity index (χ1v) is 9.07. The van der Waals surface area contributed by atoms with Crippen LogP contribution in [-0.2, 0) is 17.8 Å². The van der Waals surface area contributed by atoms with Gasteiger partial charge in [0.15, 0.2) is 0 Å². The van der Waals surface area contributed by atoms with E-state index < -0.39 is 6.04 Å². The van der Waals surface area contributed by atoms with Crippen molar-refractivity contribution in [2.45, 2.75) is 19.0 Å². The van der Waals surface area contributed by atoms with Crippen molar-refractivity contribution in [1.29, 1.82) is 0 Å². The van der Waals surface area contributed by atoms with Crippen molar-refractivity contribution >= 4 is 11.7 Å². The van der Waals surface area contributed by atoms with Crippen molar-refractivity contribution < 1.29 is 4.79 Å². The lowest BCUT2D eigenvalue weighted by Gasteiger charge is -2.33. The molecule has 1 aliphatic rings. The molecule has 6 nitrogen and oxygen atoms in total. The molecule has 0 saturated carbocycles. The average Bonchev–Trinajstić information content (AvgIpc) is 2.67. The van der Waals surface area contributed by atoms with E-state index in [0.29, 0.717) is 13.0 Å². The number of aromatic nitrogens is 1. The van der Waals surface area contributed by atoms with Gasteiger partial charge in [0.2, 0.25) is 5.91 Å². The monoisotopic (exact) mass is 353 g/mol. The molecule has 0 bridgehead atoms. The molecular formula is C20H27N5O. The molecule has 1 aromatic heterocycles. The second-order valence-electron chi connectivity index (χ2n) is 6.83. The second-order valence-corrected chi connectivity index (χ2v) is 6.83. The lowest BCUT2D eigenvalue weighted by Crippen LogP contribution is -2.44. The minimum absolute atomic E-state index is 0.133. The van der Waals surface area contributed by atoms with E-state index in [9.17, 15) is 4.79 Å². The summed E-state index contributed by atoms with van der Waals surface area (Å²) >= 11 is 0. The first-order valence-electron chi connectivity index (χ1n) is 9.07. The summed E-state index contributed by atoms with van der Waals surface area (Å²) in [6, 6.07) is 13.3. The summed E-state index contributed by atoms with van der Waals surface area (Å²) in [5.41, 5.74) is 8.14. The maximum absolute atomic E-state index is 12.3. The molecule has 0 aliphatic carbocycles. The first kappa shape index (κ1) is 18.4. The van der Waals surface area contributed by atoms with Crippen molar-refractivity contribution in [2.75, 3.05) is 38.1 Å². The van der Waals surface area contributed by atoms with E-state index >= 15 is 0 Å². The molecule has 1 unspecified atom stereocenters. The third-order valence-electron chi connectivity index (χ3n) is 4.74. The lowest BCUT2D eigenvalue weighted by atomic mass is 10.1. The van der Waals surface area contributed by atoms with E-state index in [4.69, 9.17) is 5.73 Å². The van der Waals surface area contributed by atoms with Gasteiger partial charge in [0.05, 0.1) is 6.04 Å². The lowest BCUT2D eigenvalue weighted by molar-refractivity contribution is -0.122. The Morgan fingerprint density at radius 3 is 2.62 bits per heavy atom. The zero-order chi connectivity index (χ0) is 18.4. The van der Waals surface area contributed by atoms with E-state index in [1.165, 1.54) is 0 Å². The summed E-state index contributed by atoms with van der Waals surface area (Å²) < 4.78 is 0. The van der Waals surface area contributed by atoms with Crippen LogP contribution in [0, 0.1) is 0 Å². The van der Waals surface area contributed by atoms with Gasteiger partial charge < -0.3 is 20.9 Å². The summed E-state index contributed by atoms with van der Waals surface area (Å²) in [4.78, 5) is 21.4. The van der Waals surface area contributed by atoms with E-state index in [2.05, 4.69) is 27.1 Å². The molecule has 138 valence electrons. The molecule has 1 amide bonds. The van der Waals surface area contributed by atoms with Gasteiger partial charge in [-0.3, -0.25) is 4.79 Å². The zero-order valence-electron chi connectivity index (χ0n) is 15.3. The second kappa shape index (κ2) is 8.78. The van der Waals surface area contributed by atoms with Crippen LogP contribution in [0.3, 0.4) is 0 Å². The normalized spacial score (nSPS) is 16.3. The molecule has 26 heavy (non-hydrogen) atoms. The minimum Gasteiger partial charge on any atom is -0.354 e. The molecule has 6 heteroatoms. The molecule has 1 aliphatic heterocycles. The summed E-state index contributed by atoms with van der Waals surface area (Å²) in [6.07, 6.45) is 2.34. The van der Waals surface area contributed by atoms with Crippen LogP contribution in [0.5, 0.6) is 0 Å². The van der Waals surface area contributed by atoms with Crippen LogP contribution in [0.15, 0.2) is 48.7 Å². The Hall–Kier alpha value is -2.44. The van der Waals surface area contributed by atoms with Gasteiger partial charge >= 0.3 is 0 Å². The summed E-state index contributed by atoms with van der Waals surface area (Å²) in [7, 11) is 2.13. The number of nitrogens with one attached hydrogen (secondary N) is 1. The minimum atomic E-state index is -0.545. The fourth-order valence-corrected chi connectivity index (χ4v) is 3.06. The Morgan fingerprint density at radius 1 is 1.15 bits per heavy atom. The fraction of sp³-hybridized carbons (Fsp3) is 0.400. The highest BCUT2D eigenvalue weighted by Crippen LogP contribution is 2.14. The number of carbonyl (C=O) groups is 1. The standard InChI is InChI=1S/C20H27N5O/c1-24-9-11-25(12-10-24)19-14-17(7-8-22-19)15-23-20(26)18(21)13-16-5-3-2-4-6-16/h2-8,14,18H,9-13,15,21H2,1H3,(H,23,26). The number of hydrogen-bond donors (Lipinski definition) is 2. The molecular weight excluding hydrogens is 326 g/mol. The molecule has 1 aromatic carbocycles. The van der Waals surface area contributed by atoms with Gasteiger partial charge in [0, 0.05) is 38.9 Å². The number of piperazine rings is 1. The van der Waals surface area contributed by atoms with Crippen molar-refractivity contribution in [3.63, 3.8) is 0 Å². The average molecular weight is 353 g/mol. The largest absolute Gasteiger partial charge is 0.354 e. The summed E-state index contributed by atoms with van der Waals surface area (Å²) in [5.74, 6) is 0.838. The number of likely N-dealkylation sites (N-methyl/N-ethyl adjacent to an activating group) is 1. The number of nitrogens with two attached hydrogens (primary N) is 1. The van der Waals surface area contributed by atoms with Crippen LogP contribution in [0.2, 0.25) is 0 Å². The van der Waals surface area contributed by atoms with Crippen molar-refractivity contribution in [3.05, 3.63) is 59.8 Å². The molecule has 0 spiro atoms. The third-order valence-corrected chi connectivity index (χ3v) is 4.74. The zero-order valence-corrected chi connectivity index (χ0v) is 15.3. The number of pyridine rings is 1. The number of rotatable bonds is 6. The smallest absolute Gasteiger partial charge is 0.237 e. The molecule has 1 fully saturated rings. The Labute approximate surface area is 155 Å². The van der Waals surface area contributed by atoms with E-state index in [0.717, 1.165) is 43.1 Å². The maximum Gasteiger partial charge on any atom is 0.237 e. The molecule has 2 aromatic rings. The van der Waals surface area contributed by atoms with Crippen LogP contribution in [0.1, 0.15) is 11.1 Å². The quantitative estimate of drug-likeness (QED) is 0.811. The number of hydrogen-bond acceptors (Lipinski definition) is 5. The van der Waals surface area contributed by atoms with Gasteiger partial charge in [0.1, 0.15) is 5.82 Å². The summed E-state index contributed by atoms with van der Waals surface area (Å²) in [6.45, 7) is 4.49. The highest BCUT2D eigenvalue weighted by molar-refractivity contribution is 5.81. The molecule has 3 N–H and O–H groups in total. The van der Waals surface area contributed by atoms with Crippen molar-refractivity contribution in [1.82, 2.24) is 15.2 Å². The topological polar surface area (TPSA) is 74.5 Å². The predicted octanol–water partition coefficient (Wildman–Crippen LogP) is 1.02. The van der Waals surface area contributed by atoms with Crippen LogP contribution >= 0.6 is 0 Å². The van der Waals surface area contributed by atoms with Gasteiger partial charge in [0.25, 0.3) is 0 Å². The van der Waals surface area contributed by atoms with Crippen LogP contribution < -0.4 is 16.0 Å². The number of anilines is 1. The van der Waals surface area contributed by atoms with Crippen molar-refractivity contribution in [2.24, 2.45) is 5.73 Å². The van der Waals surface area contributed by atoms with Crippen LogP contribution in [-0.4, -0.2) is 55.1 Å². The van der Waals surface area contributed by atoms with Gasteiger partial charge in [-0.2, -0.15) is 0 Å². The molecule has 3 rings (SSSR count). The Kier molecular flexibility index (Phi) is 6.20. The predicted molar refractivity (Wildman–Crippen MR) is 104 cm³/mol. The molecule has 0 radical (unpaired) electrons. The van der Waals surface area contributed by atoms with Gasteiger partial charge in [-0.05, 0) is 36.7 Å². The van der Waals surface area contributed by atoms with Crippen molar-refractivity contribution in [3.8, 4) is 0 Å². The fourth-order valence-electron chi connectivity index (χ4n) is 3.06. The third kappa shape index (κ3) is 5.03. The summed E-state index contributed by atoms with van der Waals surface area (Å²) in [5, 5.41) is 2.94.